The van der Waals surface area contributed by atoms with E-state index in [1.54, 1.807) is 0 Å². The molecule has 0 saturated carbocycles. The Labute approximate surface area is 132 Å². The molecule has 0 atom stereocenters. The molecule has 1 aromatic rings. The van der Waals surface area contributed by atoms with Crippen molar-refractivity contribution in [2.45, 2.75) is 47.0 Å². The third-order valence-electron chi connectivity index (χ3n) is 3.58. The Morgan fingerprint density at radius 3 is 1.67 bits per heavy atom. The molecular weight excluding hydrogens is 295 g/mol. The maximum atomic E-state index is 3.49. The molecule has 1 heteroatoms. The Kier molecular flexibility index (Phi) is 7.87. The second-order valence-electron chi connectivity index (χ2n) is 4.71. The number of rotatable bonds is 1. The van der Waals surface area contributed by atoms with Crippen molar-refractivity contribution in [3.63, 3.8) is 0 Å². The van der Waals surface area contributed by atoms with Gasteiger partial charge >= 0.3 is 26.2 Å². The summed E-state index contributed by atoms with van der Waals surface area (Å²) in [4.78, 5) is 0. The minimum atomic E-state index is 0. The zero-order valence-corrected chi connectivity index (χ0v) is 14.8. The first-order chi connectivity index (χ1) is 8.04. The fraction of sp³-hybridized carbons (Fsp3) is 0.412. The first-order valence-electron chi connectivity index (χ1n) is 6.41. The van der Waals surface area contributed by atoms with E-state index in [0.717, 1.165) is 6.42 Å². The maximum Gasteiger partial charge on any atom is 2.00 e. The molecule has 0 aliphatic heterocycles. The molecule has 1 aliphatic rings. The molecule has 0 fully saturated rings. The second-order valence-corrected chi connectivity index (χ2v) is 4.71. The molecule has 0 amide bonds. The van der Waals surface area contributed by atoms with Crippen LogP contribution in [0.1, 0.15) is 47.1 Å². The van der Waals surface area contributed by atoms with Crippen molar-refractivity contribution in [3.8, 4) is 0 Å². The summed E-state index contributed by atoms with van der Waals surface area (Å²) < 4.78 is 0. The monoisotopic (exact) mass is 318 g/mol. The summed E-state index contributed by atoms with van der Waals surface area (Å²) in [6.45, 7) is 14.4. The number of hydrogen-bond donors (Lipinski definition) is 0. The molecule has 0 saturated heterocycles. The molecule has 1 aromatic carbocycles. The molecule has 0 nitrogen and oxygen atoms in total. The summed E-state index contributed by atoms with van der Waals surface area (Å²) in [5.41, 5.74) is 7.39. The quantitative estimate of drug-likeness (QED) is 0.633. The predicted molar refractivity (Wildman–Crippen MR) is 77.7 cm³/mol. The molecule has 18 heavy (non-hydrogen) atoms. The van der Waals surface area contributed by atoms with Gasteiger partial charge in [-0.2, -0.15) is 28.7 Å². The van der Waals surface area contributed by atoms with Crippen LogP contribution in [0.5, 0.6) is 0 Å². The van der Waals surface area contributed by atoms with Crippen molar-refractivity contribution < 1.29 is 26.2 Å². The van der Waals surface area contributed by atoms with Crippen LogP contribution < -0.4 is 0 Å². The average molecular weight is 320 g/mol. The van der Waals surface area contributed by atoms with Gasteiger partial charge in [0, 0.05) is 0 Å². The van der Waals surface area contributed by atoms with E-state index in [1.165, 1.54) is 27.8 Å². The van der Waals surface area contributed by atoms with E-state index in [2.05, 4.69) is 58.9 Å². The van der Waals surface area contributed by atoms with Crippen LogP contribution in [0.3, 0.4) is 0 Å². The van der Waals surface area contributed by atoms with Gasteiger partial charge in [0.25, 0.3) is 0 Å². The molecule has 0 aromatic heterocycles. The third-order valence-corrected chi connectivity index (χ3v) is 3.58. The molecular formula is C17H24Zr. The Morgan fingerprint density at radius 2 is 1.33 bits per heavy atom. The van der Waals surface area contributed by atoms with Gasteiger partial charge < -0.3 is 6.92 Å². The van der Waals surface area contributed by atoms with E-state index in [9.17, 15) is 0 Å². The normalized spacial score (nSPS) is 13.2. The third kappa shape index (κ3) is 3.61. The zero-order valence-electron chi connectivity index (χ0n) is 12.3. The summed E-state index contributed by atoms with van der Waals surface area (Å²) in [5.74, 6) is 0.516. The molecule has 0 bridgehead atoms. The van der Waals surface area contributed by atoms with Gasteiger partial charge in [0.2, 0.25) is 0 Å². The molecule has 0 spiro atoms. The van der Waals surface area contributed by atoms with E-state index in [0.29, 0.717) is 5.92 Å². The molecule has 96 valence electrons. The summed E-state index contributed by atoms with van der Waals surface area (Å²) >= 11 is 0. The summed E-state index contributed by atoms with van der Waals surface area (Å²) in [6, 6.07) is 0. The van der Waals surface area contributed by atoms with Crippen LogP contribution in [0.25, 0.3) is 0 Å². The first-order valence-corrected chi connectivity index (χ1v) is 6.41. The van der Waals surface area contributed by atoms with Gasteiger partial charge in [0.1, 0.15) is 0 Å². The van der Waals surface area contributed by atoms with Gasteiger partial charge in [0.05, 0.1) is 0 Å². The van der Waals surface area contributed by atoms with Crippen LogP contribution in [0, 0.1) is 34.6 Å². The van der Waals surface area contributed by atoms with Gasteiger partial charge in [-0.3, -0.25) is 0 Å². The molecule has 2 rings (SSSR count). The van der Waals surface area contributed by atoms with Crippen LogP contribution in [0.4, 0.5) is 0 Å². The van der Waals surface area contributed by atoms with Crippen molar-refractivity contribution in [1.82, 2.24) is 0 Å². The average Bonchev–Trinajstić information content (AvgIpc) is 2.86. The molecule has 0 heterocycles. The van der Waals surface area contributed by atoms with E-state index in [4.69, 9.17) is 0 Å². The van der Waals surface area contributed by atoms with Crippen molar-refractivity contribution in [2.24, 2.45) is 0 Å². The van der Waals surface area contributed by atoms with Crippen LogP contribution in [0.15, 0.2) is 24.3 Å². The van der Waals surface area contributed by atoms with Crippen LogP contribution in [-0.4, -0.2) is 0 Å². The molecule has 0 unspecified atom stereocenters. The van der Waals surface area contributed by atoms with Gasteiger partial charge in [-0.05, 0) is 5.92 Å². The topological polar surface area (TPSA) is 0 Å². The van der Waals surface area contributed by atoms with E-state index < -0.39 is 0 Å². The van der Waals surface area contributed by atoms with Gasteiger partial charge in [-0.1, -0.05) is 58.9 Å². The van der Waals surface area contributed by atoms with E-state index in [-0.39, 0.29) is 26.2 Å². The minimum absolute atomic E-state index is 0. The zero-order chi connectivity index (χ0) is 13.0. The Balaban J connectivity index is 0.000000660. The molecule has 0 N–H and O–H groups in total. The largest absolute Gasteiger partial charge is 2.00 e. The van der Waals surface area contributed by atoms with Crippen molar-refractivity contribution in [2.75, 3.05) is 0 Å². The standard InChI is InChI=1S/C14H17.C3H7.Zr/c1-9-10(2)12(4)14(11(9)3)13-7-5-6-8-13;1-3-2;/h5-8,13H,1-4H3;1,3H2,2H3;/q2*-1;+2. The molecule has 1 aliphatic carbocycles. The summed E-state index contributed by atoms with van der Waals surface area (Å²) in [6.07, 6.45) is 9.82. The predicted octanol–water partition coefficient (Wildman–Crippen LogP) is 5.08. The molecule has 0 radical (unpaired) electrons. The Bertz CT molecular complexity index is 395. The van der Waals surface area contributed by atoms with Crippen molar-refractivity contribution >= 4 is 0 Å². The summed E-state index contributed by atoms with van der Waals surface area (Å²) in [5, 5.41) is 0. The van der Waals surface area contributed by atoms with Crippen LogP contribution in [0.2, 0.25) is 0 Å². The van der Waals surface area contributed by atoms with Crippen LogP contribution >= 0.6 is 0 Å². The minimum Gasteiger partial charge on any atom is -0.344 e. The van der Waals surface area contributed by atoms with Crippen LogP contribution in [-0.2, 0) is 26.2 Å². The number of allylic oxidation sites excluding steroid dienone is 4. The smallest absolute Gasteiger partial charge is 0.344 e. The SMILES string of the molecule is Cc1c(C)c(C)[c-](C2C=CC=C2)c1C.[CH2-]CC.[Zr+2]. The fourth-order valence-corrected chi connectivity index (χ4v) is 2.37. The van der Waals surface area contributed by atoms with Crippen molar-refractivity contribution in [3.05, 3.63) is 59.0 Å². The first kappa shape index (κ1) is 17.7. The Morgan fingerprint density at radius 1 is 1.00 bits per heavy atom. The van der Waals surface area contributed by atoms with Gasteiger partial charge in [-0.25, -0.2) is 0 Å². The van der Waals surface area contributed by atoms with Gasteiger partial charge in [0.15, 0.2) is 0 Å². The second kappa shape index (κ2) is 8.00. The van der Waals surface area contributed by atoms with E-state index in [1.807, 2.05) is 6.92 Å². The van der Waals surface area contributed by atoms with Crippen molar-refractivity contribution in [1.29, 1.82) is 0 Å². The van der Waals surface area contributed by atoms with Gasteiger partial charge in [-0.15, -0.1) is 5.56 Å². The van der Waals surface area contributed by atoms with E-state index >= 15 is 0 Å². The summed E-state index contributed by atoms with van der Waals surface area (Å²) in [7, 11) is 0. The Hall–Kier alpha value is -0.287. The number of hydrogen-bond acceptors (Lipinski definition) is 0. The maximum absolute atomic E-state index is 3.49. The fourth-order valence-electron chi connectivity index (χ4n) is 2.37.